The molecule has 0 spiro atoms. The molecule has 1 aliphatic carbocycles. The van der Waals surface area contributed by atoms with E-state index in [1.165, 1.54) is 44.1 Å². The van der Waals surface area contributed by atoms with E-state index in [0.717, 1.165) is 6.42 Å². The first kappa shape index (κ1) is 13.6. The smallest absolute Gasteiger partial charge is 0.0587 e. The fourth-order valence-electron chi connectivity index (χ4n) is 2.85. The Hall–Kier alpha value is -0.860. The minimum Gasteiger partial charge on any atom is -0.395 e. The quantitative estimate of drug-likeness (QED) is 0.784. The minimum absolute atomic E-state index is 0.204. The standard InChI is InChI=1S/C16H25NO/c18-13-16(12-14-8-4-3-5-9-14)17-15-10-6-1-2-7-11-15/h3-5,8-9,15-18H,1-2,6-7,10-13H2/t16-/m1/s1. The van der Waals surface area contributed by atoms with Crippen LogP contribution < -0.4 is 5.32 Å². The van der Waals surface area contributed by atoms with Gasteiger partial charge in [-0.3, -0.25) is 0 Å². The highest BCUT2D eigenvalue weighted by molar-refractivity contribution is 5.15. The summed E-state index contributed by atoms with van der Waals surface area (Å²) >= 11 is 0. The second kappa shape index (κ2) is 7.55. The maximum Gasteiger partial charge on any atom is 0.0587 e. The molecule has 1 aromatic rings. The summed E-state index contributed by atoms with van der Waals surface area (Å²) in [5, 5.41) is 13.2. The van der Waals surface area contributed by atoms with Crippen molar-refractivity contribution in [1.82, 2.24) is 5.32 Å². The molecule has 0 unspecified atom stereocenters. The predicted octanol–water partition coefficient (Wildman–Crippen LogP) is 2.90. The van der Waals surface area contributed by atoms with Crippen molar-refractivity contribution in [3.05, 3.63) is 35.9 Å². The first-order chi connectivity index (χ1) is 8.88. The molecule has 2 rings (SSSR count). The lowest BCUT2D eigenvalue weighted by Crippen LogP contribution is -2.41. The van der Waals surface area contributed by atoms with Crippen molar-refractivity contribution in [2.45, 2.75) is 57.0 Å². The number of hydrogen-bond acceptors (Lipinski definition) is 2. The molecule has 1 atom stereocenters. The lowest BCUT2D eigenvalue weighted by Gasteiger charge is -2.23. The summed E-state index contributed by atoms with van der Waals surface area (Å²) in [5.74, 6) is 0. The fraction of sp³-hybridized carbons (Fsp3) is 0.625. The SMILES string of the molecule is OC[C@@H](Cc1ccccc1)NC1CCCCCC1. The van der Waals surface area contributed by atoms with Gasteiger partial charge in [0.05, 0.1) is 6.61 Å². The van der Waals surface area contributed by atoms with Crippen LogP contribution in [0.15, 0.2) is 30.3 Å². The Kier molecular flexibility index (Phi) is 5.69. The van der Waals surface area contributed by atoms with Crippen molar-refractivity contribution in [3.63, 3.8) is 0 Å². The third kappa shape index (κ3) is 4.43. The van der Waals surface area contributed by atoms with Crippen LogP contribution in [-0.2, 0) is 6.42 Å². The van der Waals surface area contributed by atoms with Gasteiger partial charge < -0.3 is 10.4 Å². The van der Waals surface area contributed by atoms with E-state index in [0.29, 0.717) is 6.04 Å². The van der Waals surface area contributed by atoms with Gasteiger partial charge in [0, 0.05) is 12.1 Å². The van der Waals surface area contributed by atoms with E-state index in [9.17, 15) is 5.11 Å². The van der Waals surface area contributed by atoms with Crippen molar-refractivity contribution in [2.75, 3.05) is 6.61 Å². The lowest BCUT2D eigenvalue weighted by molar-refractivity contribution is 0.225. The summed E-state index contributed by atoms with van der Waals surface area (Å²) in [4.78, 5) is 0. The molecule has 18 heavy (non-hydrogen) atoms. The van der Waals surface area contributed by atoms with Gasteiger partial charge >= 0.3 is 0 Å². The number of rotatable bonds is 5. The molecule has 1 fully saturated rings. The van der Waals surface area contributed by atoms with E-state index in [-0.39, 0.29) is 12.6 Å². The van der Waals surface area contributed by atoms with Gasteiger partial charge in [-0.1, -0.05) is 56.0 Å². The Labute approximate surface area is 110 Å². The zero-order valence-electron chi connectivity index (χ0n) is 11.1. The number of benzene rings is 1. The van der Waals surface area contributed by atoms with Crippen molar-refractivity contribution in [1.29, 1.82) is 0 Å². The van der Waals surface area contributed by atoms with Gasteiger partial charge in [-0.25, -0.2) is 0 Å². The lowest BCUT2D eigenvalue weighted by atomic mass is 10.0. The average molecular weight is 247 g/mol. The van der Waals surface area contributed by atoms with Gasteiger partial charge in [0.15, 0.2) is 0 Å². The summed E-state index contributed by atoms with van der Waals surface area (Å²) in [5.41, 5.74) is 1.30. The molecule has 1 aromatic carbocycles. The molecule has 2 N–H and O–H groups in total. The molecule has 2 nitrogen and oxygen atoms in total. The Morgan fingerprint density at radius 3 is 2.33 bits per heavy atom. The molecular weight excluding hydrogens is 222 g/mol. The van der Waals surface area contributed by atoms with Gasteiger partial charge in [-0.05, 0) is 24.8 Å². The second-order valence-corrected chi connectivity index (χ2v) is 5.42. The second-order valence-electron chi connectivity index (χ2n) is 5.42. The van der Waals surface area contributed by atoms with Crippen molar-refractivity contribution >= 4 is 0 Å². The van der Waals surface area contributed by atoms with Gasteiger partial charge in [0.2, 0.25) is 0 Å². The van der Waals surface area contributed by atoms with Crippen LogP contribution in [0, 0.1) is 0 Å². The normalized spacial score (nSPS) is 19.4. The average Bonchev–Trinajstić information content (AvgIpc) is 2.68. The highest BCUT2D eigenvalue weighted by Crippen LogP contribution is 2.18. The molecule has 0 amide bonds. The first-order valence-electron chi connectivity index (χ1n) is 7.29. The first-order valence-corrected chi connectivity index (χ1v) is 7.29. The maximum atomic E-state index is 9.53. The third-order valence-corrected chi connectivity index (χ3v) is 3.87. The molecule has 1 aliphatic rings. The van der Waals surface area contributed by atoms with E-state index < -0.39 is 0 Å². The minimum atomic E-state index is 0.204. The largest absolute Gasteiger partial charge is 0.395 e. The number of hydrogen-bond donors (Lipinski definition) is 2. The van der Waals surface area contributed by atoms with Gasteiger partial charge in [0.25, 0.3) is 0 Å². The van der Waals surface area contributed by atoms with E-state index in [1.54, 1.807) is 0 Å². The summed E-state index contributed by atoms with van der Waals surface area (Å²) in [7, 11) is 0. The molecule has 100 valence electrons. The number of aliphatic hydroxyl groups excluding tert-OH is 1. The van der Waals surface area contributed by atoms with Crippen LogP contribution in [0.3, 0.4) is 0 Å². The number of aliphatic hydroxyl groups is 1. The molecule has 1 saturated carbocycles. The molecule has 2 heteroatoms. The van der Waals surface area contributed by atoms with Crippen LogP contribution in [0.25, 0.3) is 0 Å². The molecule has 0 aliphatic heterocycles. The van der Waals surface area contributed by atoms with Crippen LogP contribution >= 0.6 is 0 Å². The maximum absolute atomic E-state index is 9.53. The van der Waals surface area contributed by atoms with E-state index in [4.69, 9.17) is 0 Å². The van der Waals surface area contributed by atoms with Gasteiger partial charge in [-0.15, -0.1) is 0 Å². The zero-order valence-corrected chi connectivity index (χ0v) is 11.1. The van der Waals surface area contributed by atoms with Gasteiger partial charge in [-0.2, -0.15) is 0 Å². The summed E-state index contributed by atoms with van der Waals surface area (Å²) in [6.07, 6.45) is 8.88. The van der Waals surface area contributed by atoms with E-state index in [2.05, 4.69) is 29.6 Å². The van der Waals surface area contributed by atoms with Crippen LogP contribution in [0.4, 0.5) is 0 Å². The molecular formula is C16H25NO. The molecule has 0 bridgehead atoms. The van der Waals surface area contributed by atoms with Gasteiger partial charge in [0.1, 0.15) is 0 Å². The predicted molar refractivity (Wildman–Crippen MR) is 75.6 cm³/mol. The fourth-order valence-corrected chi connectivity index (χ4v) is 2.85. The summed E-state index contributed by atoms with van der Waals surface area (Å²) < 4.78 is 0. The van der Waals surface area contributed by atoms with E-state index >= 15 is 0 Å². The number of nitrogens with one attached hydrogen (secondary N) is 1. The summed E-state index contributed by atoms with van der Waals surface area (Å²) in [6, 6.07) is 11.2. The Bertz CT molecular complexity index is 317. The van der Waals surface area contributed by atoms with Crippen LogP contribution in [-0.4, -0.2) is 23.8 Å². The van der Waals surface area contributed by atoms with Crippen molar-refractivity contribution in [2.24, 2.45) is 0 Å². The molecule has 0 radical (unpaired) electrons. The van der Waals surface area contributed by atoms with Crippen LogP contribution in [0.2, 0.25) is 0 Å². The Morgan fingerprint density at radius 2 is 1.72 bits per heavy atom. The highest BCUT2D eigenvalue weighted by atomic mass is 16.3. The Balaban J connectivity index is 1.84. The topological polar surface area (TPSA) is 32.3 Å². The van der Waals surface area contributed by atoms with Crippen LogP contribution in [0.1, 0.15) is 44.1 Å². The van der Waals surface area contributed by atoms with Crippen molar-refractivity contribution < 1.29 is 5.11 Å². The molecule has 0 heterocycles. The monoisotopic (exact) mass is 247 g/mol. The zero-order chi connectivity index (χ0) is 12.6. The van der Waals surface area contributed by atoms with Crippen LogP contribution in [0.5, 0.6) is 0 Å². The molecule has 0 aromatic heterocycles. The summed E-state index contributed by atoms with van der Waals surface area (Å²) in [6.45, 7) is 0.228. The van der Waals surface area contributed by atoms with Crippen molar-refractivity contribution in [3.8, 4) is 0 Å². The third-order valence-electron chi connectivity index (χ3n) is 3.87. The van der Waals surface area contributed by atoms with E-state index in [1.807, 2.05) is 6.07 Å². The Morgan fingerprint density at radius 1 is 1.06 bits per heavy atom. The highest BCUT2D eigenvalue weighted by Gasteiger charge is 2.16. The molecule has 0 saturated heterocycles.